The average molecular weight is 547 g/mol. The van der Waals surface area contributed by atoms with E-state index in [1.54, 1.807) is 42.5 Å². The fraction of sp³-hybridized carbons (Fsp3) is 0.458. The molecule has 1 fully saturated rings. The minimum atomic E-state index is -4.85. The number of nitrogens with zero attached hydrogens (tertiary/aromatic N) is 1. The van der Waals surface area contributed by atoms with E-state index in [1.165, 1.54) is 19.2 Å². The molecule has 204 valence electrons. The van der Waals surface area contributed by atoms with Crippen LogP contribution in [0.4, 0.5) is 18.0 Å². The highest BCUT2D eigenvalue weighted by Gasteiger charge is 2.44. The topological polar surface area (TPSA) is 114 Å². The number of halogens is 3. The summed E-state index contributed by atoms with van der Waals surface area (Å²) in [5.41, 5.74) is -0.852. The van der Waals surface area contributed by atoms with Gasteiger partial charge in [-0.25, -0.2) is 17.9 Å². The second-order valence-corrected chi connectivity index (χ2v) is 10.4. The number of benzene rings is 2. The summed E-state index contributed by atoms with van der Waals surface area (Å²) in [6.45, 7) is -1.54. The Kier molecular flexibility index (Phi) is 9.40. The monoisotopic (exact) mass is 546 g/mol. The van der Waals surface area contributed by atoms with Crippen molar-refractivity contribution in [2.24, 2.45) is 0 Å². The van der Waals surface area contributed by atoms with E-state index in [9.17, 15) is 31.5 Å². The maximum Gasteiger partial charge on any atom is 0.427 e. The van der Waals surface area contributed by atoms with Crippen LogP contribution in [0, 0.1) is 0 Å². The molecule has 1 atom stereocenters. The first kappa shape index (κ1) is 28.7. The molecule has 0 aliphatic carbocycles. The lowest BCUT2D eigenvalue weighted by molar-refractivity contribution is -0.220. The average Bonchev–Trinajstić information content (AvgIpc) is 2.88. The van der Waals surface area contributed by atoms with Crippen molar-refractivity contribution in [2.45, 2.75) is 42.2 Å². The minimum absolute atomic E-state index is 0.0343. The van der Waals surface area contributed by atoms with Gasteiger partial charge in [0.05, 0.1) is 30.8 Å². The maximum atomic E-state index is 13.4. The molecule has 1 heterocycles. The number of amides is 1. The van der Waals surface area contributed by atoms with E-state index in [4.69, 9.17) is 14.2 Å². The molecule has 1 unspecified atom stereocenters. The van der Waals surface area contributed by atoms with Crippen LogP contribution in [-0.4, -0.2) is 75.7 Å². The summed E-state index contributed by atoms with van der Waals surface area (Å²) < 4.78 is 82.3. The van der Waals surface area contributed by atoms with E-state index in [1.807, 2.05) is 0 Å². The van der Waals surface area contributed by atoms with Gasteiger partial charge < -0.3 is 24.2 Å². The Morgan fingerprint density at radius 2 is 1.73 bits per heavy atom. The number of carbonyl (C=O) groups excluding carboxylic acids is 1. The lowest BCUT2D eigenvalue weighted by atomic mass is 9.92. The highest BCUT2D eigenvalue weighted by molar-refractivity contribution is 7.89. The molecule has 0 bridgehead atoms. The van der Waals surface area contributed by atoms with Crippen molar-refractivity contribution in [1.29, 1.82) is 0 Å². The maximum absolute atomic E-state index is 13.4. The molecule has 2 aromatic rings. The molecular weight excluding hydrogens is 517 g/mol. The smallest absolute Gasteiger partial charge is 0.427 e. The lowest BCUT2D eigenvalue weighted by Crippen LogP contribution is -2.53. The molecule has 37 heavy (non-hydrogen) atoms. The van der Waals surface area contributed by atoms with E-state index in [0.29, 0.717) is 11.3 Å². The summed E-state index contributed by atoms with van der Waals surface area (Å²) in [5.74, 6) is 0.591. The number of carbonyl (C=O) groups is 1. The molecule has 1 aliphatic heterocycles. The standard InChI is InChI=1S/C24H29F3N2O7S/c1-34-19-9-7-18(8-10-19)15-35-16-21(24(25,26)27)36-22(30)29-13-11-23(31,12-14-29)17-28-37(32,33)20-5-3-2-4-6-20/h2-10,21,28,31H,11-17H2,1H3. The third kappa shape index (κ3) is 8.32. The first-order chi connectivity index (χ1) is 17.4. The second kappa shape index (κ2) is 12.1. The summed E-state index contributed by atoms with van der Waals surface area (Å²) in [6, 6.07) is 14.2. The number of hydrogen-bond acceptors (Lipinski definition) is 7. The molecule has 0 saturated carbocycles. The SMILES string of the molecule is COc1ccc(COCC(OC(=O)N2CCC(O)(CNS(=O)(=O)c3ccccc3)CC2)C(F)(F)F)cc1. The molecule has 1 saturated heterocycles. The first-order valence-corrected chi connectivity index (χ1v) is 12.9. The summed E-state index contributed by atoms with van der Waals surface area (Å²) in [4.78, 5) is 13.5. The predicted octanol–water partition coefficient (Wildman–Crippen LogP) is 3.08. The van der Waals surface area contributed by atoms with Gasteiger partial charge in [0.2, 0.25) is 16.1 Å². The zero-order chi connectivity index (χ0) is 27.1. The highest BCUT2D eigenvalue weighted by atomic mass is 32.2. The van der Waals surface area contributed by atoms with Crippen LogP contribution in [-0.2, 0) is 26.1 Å². The van der Waals surface area contributed by atoms with E-state index in [0.717, 1.165) is 4.90 Å². The van der Waals surface area contributed by atoms with Gasteiger partial charge in [0.15, 0.2) is 0 Å². The number of aliphatic hydroxyl groups is 1. The predicted molar refractivity (Wildman–Crippen MR) is 126 cm³/mol. The minimum Gasteiger partial charge on any atom is -0.497 e. The van der Waals surface area contributed by atoms with Gasteiger partial charge in [-0.15, -0.1) is 0 Å². The van der Waals surface area contributed by atoms with Crippen LogP contribution in [0.2, 0.25) is 0 Å². The fourth-order valence-electron chi connectivity index (χ4n) is 3.59. The number of likely N-dealkylation sites (tertiary alicyclic amines) is 1. The normalized spacial score (nSPS) is 16.7. The number of rotatable bonds is 10. The van der Waals surface area contributed by atoms with Gasteiger partial charge in [0, 0.05) is 19.6 Å². The summed E-state index contributed by atoms with van der Waals surface area (Å²) in [5, 5.41) is 10.7. The molecule has 2 aromatic carbocycles. The molecule has 3 rings (SSSR count). The van der Waals surface area contributed by atoms with Crippen molar-refractivity contribution in [3.63, 3.8) is 0 Å². The Balaban J connectivity index is 1.49. The highest BCUT2D eigenvalue weighted by Crippen LogP contribution is 2.27. The summed E-state index contributed by atoms with van der Waals surface area (Å²) in [7, 11) is -2.36. The number of nitrogens with one attached hydrogen (secondary N) is 1. The van der Waals surface area contributed by atoms with Gasteiger partial charge in [-0.05, 0) is 42.7 Å². The molecule has 0 radical (unpaired) electrons. The Morgan fingerprint density at radius 1 is 1.11 bits per heavy atom. The van der Waals surface area contributed by atoms with Crippen molar-refractivity contribution < 1.29 is 45.7 Å². The molecular formula is C24H29F3N2O7S. The van der Waals surface area contributed by atoms with Crippen molar-refractivity contribution in [3.8, 4) is 5.75 Å². The zero-order valence-corrected chi connectivity index (χ0v) is 20.9. The zero-order valence-electron chi connectivity index (χ0n) is 20.1. The van der Waals surface area contributed by atoms with Crippen molar-refractivity contribution in [3.05, 3.63) is 60.2 Å². The number of methoxy groups -OCH3 is 1. The Morgan fingerprint density at radius 3 is 2.30 bits per heavy atom. The Bertz CT molecular complexity index is 1120. The molecule has 1 aliphatic rings. The van der Waals surface area contributed by atoms with Crippen LogP contribution >= 0.6 is 0 Å². The first-order valence-electron chi connectivity index (χ1n) is 11.4. The van der Waals surface area contributed by atoms with E-state index in [-0.39, 0.29) is 44.0 Å². The van der Waals surface area contributed by atoms with Crippen LogP contribution in [0.3, 0.4) is 0 Å². The molecule has 1 amide bonds. The van der Waals surface area contributed by atoms with Crippen molar-refractivity contribution in [2.75, 3.05) is 33.4 Å². The van der Waals surface area contributed by atoms with Gasteiger partial charge in [0.1, 0.15) is 5.75 Å². The molecule has 9 nitrogen and oxygen atoms in total. The molecule has 0 aromatic heterocycles. The van der Waals surface area contributed by atoms with Crippen LogP contribution in [0.15, 0.2) is 59.5 Å². The van der Waals surface area contributed by atoms with Crippen molar-refractivity contribution in [1.82, 2.24) is 9.62 Å². The largest absolute Gasteiger partial charge is 0.497 e. The molecule has 0 spiro atoms. The van der Waals surface area contributed by atoms with E-state index >= 15 is 0 Å². The summed E-state index contributed by atoms with van der Waals surface area (Å²) >= 11 is 0. The van der Waals surface area contributed by atoms with Crippen LogP contribution in [0.25, 0.3) is 0 Å². The number of alkyl halides is 3. The molecule has 13 heteroatoms. The third-order valence-corrected chi connectivity index (χ3v) is 7.32. The van der Waals surface area contributed by atoms with E-state index < -0.39 is 40.6 Å². The number of sulfonamides is 1. The van der Waals surface area contributed by atoms with Gasteiger partial charge in [-0.2, -0.15) is 13.2 Å². The Hall–Kier alpha value is -2.87. The molecule has 2 N–H and O–H groups in total. The third-order valence-electron chi connectivity index (χ3n) is 5.90. The van der Waals surface area contributed by atoms with Gasteiger partial charge in [-0.1, -0.05) is 30.3 Å². The lowest BCUT2D eigenvalue weighted by Gasteiger charge is -2.38. The number of ether oxygens (including phenoxy) is 3. The van der Waals surface area contributed by atoms with Crippen LogP contribution in [0.1, 0.15) is 18.4 Å². The number of hydrogen-bond donors (Lipinski definition) is 2. The number of piperidine rings is 1. The van der Waals surface area contributed by atoms with E-state index in [2.05, 4.69) is 4.72 Å². The summed E-state index contributed by atoms with van der Waals surface area (Å²) in [6.07, 6.45) is -8.62. The van der Waals surface area contributed by atoms with Gasteiger partial charge in [0.25, 0.3) is 0 Å². The second-order valence-electron chi connectivity index (χ2n) is 8.63. The quantitative estimate of drug-likeness (QED) is 0.471. The van der Waals surface area contributed by atoms with Gasteiger partial charge in [-0.3, -0.25) is 0 Å². The van der Waals surface area contributed by atoms with Crippen molar-refractivity contribution >= 4 is 16.1 Å². The van der Waals surface area contributed by atoms with Crippen LogP contribution in [0.5, 0.6) is 5.75 Å². The Labute approximate surface area is 213 Å². The van der Waals surface area contributed by atoms with Gasteiger partial charge >= 0.3 is 12.3 Å². The van der Waals surface area contributed by atoms with Crippen LogP contribution < -0.4 is 9.46 Å². The fourth-order valence-corrected chi connectivity index (χ4v) is 4.73.